The first kappa shape index (κ1) is 16.8. The van der Waals surface area contributed by atoms with E-state index in [1.165, 1.54) is 0 Å². The zero-order chi connectivity index (χ0) is 15.9. The lowest BCUT2D eigenvalue weighted by Crippen LogP contribution is -2.50. The summed E-state index contributed by atoms with van der Waals surface area (Å²) >= 11 is 5.85. The molecule has 6 heteroatoms. The van der Waals surface area contributed by atoms with Gasteiger partial charge in [0.1, 0.15) is 6.54 Å². The van der Waals surface area contributed by atoms with Crippen LogP contribution in [0.4, 0.5) is 0 Å². The van der Waals surface area contributed by atoms with Crippen LogP contribution < -0.4 is 5.32 Å². The van der Waals surface area contributed by atoms with Crippen LogP contribution in [0.5, 0.6) is 0 Å². The van der Waals surface area contributed by atoms with Crippen LogP contribution in [0.15, 0.2) is 24.3 Å². The molecule has 0 unspecified atom stereocenters. The predicted octanol–water partition coefficient (Wildman–Crippen LogP) is 1.62. The number of hydrogen-bond acceptors (Lipinski definition) is 3. The minimum absolute atomic E-state index is 0.0114. The van der Waals surface area contributed by atoms with Gasteiger partial charge in [0.15, 0.2) is 0 Å². The fourth-order valence-corrected chi connectivity index (χ4v) is 2.60. The molecule has 2 amide bonds. The summed E-state index contributed by atoms with van der Waals surface area (Å²) in [4.78, 5) is 28.4. The molecule has 1 saturated heterocycles. The second-order valence-electron chi connectivity index (χ2n) is 5.36. The van der Waals surface area contributed by atoms with E-state index in [1.807, 2.05) is 11.8 Å². The molecule has 0 spiro atoms. The molecule has 0 aromatic heterocycles. The summed E-state index contributed by atoms with van der Waals surface area (Å²) < 4.78 is 0. The second kappa shape index (κ2) is 8.15. The fourth-order valence-electron chi connectivity index (χ4n) is 2.47. The maximum Gasteiger partial charge on any atom is 0.254 e. The number of carbonyl (C=O) groups excluding carboxylic acids is 2. The van der Waals surface area contributed by atoms with Crippen molar-refractivity contribution in [3.8, 4) is 0 Å². The summed E-state index contributed by atoms with van der Waals surface area (Å²) in [5, 5.41) is 3.81. The van der Waals surface area contributed by atoms with Crippen LogP contribution >= 0.6 is 11.6 Å². The molecule has 22 heavy (non-hydrogen) atoms. The van der Waals surface area contributed by atoms with E-state index in [9.17, 15) is 9.59 Å². The van der Waals surface area contributed by atoms with Crippen LogP contribution in [-0.2, 0) is 4.79 Å². The van der Waals surface area contributed by atoms with Crippen molar-refractivity contribution in [1.29, 1.82) is 0 Å². The van der Waals surface area contributed by atoms with E-state index in [-0.39, 0.29) is 18.4 Å². The minimum Gasteiger partial charge on any atom is -0.339 e. The van der Waals surface area contributed by atoms with Gasteiger partial charge < -0.3 is 15.1 Å². The number of nitrogens with zero attached hydrogens (tertiary/aromatic N) is 2. The number of piperazine rings is 1. The largest absolute Gasteiger partial charge is 0.339 e. The Hall–Kier alpha value is -1.59. The highest BCUT2D eigenvalue weighted by molar-refractivity contribution is 6.30. The van der Waals surface area contributed by atoms with Gasteiger partial charge in [-0.25, -0.2) is 0 Å². The second-order valence-corrected chi connectivity index (χ2v) is 5.80. The highest BCUT2D eigenvalue weighted by Crippen LogP contribution is 2.12. The molecule has 1 aliphatic rings. The van der Waals surface area contributed by atoms with Crippen molar-refractivity contribution in [2.75, 3.05) is 39.3 Å². The van der Waals surface area contributed by atoms with Crippen LogP contribution in [0.25, 0.3) is 0 Å². The molecular formula is C16H22ClN3O2. The smallest absolute Gasteiger partial charge is 0.254 e. The molecule has 2 rings (SSSR count). The lowest BCUT2D eigenvalue weighted by Gasteiger charge is -2.30. The van der Waals surface area contributed by atoms with Crippen LogP contribution in [0.2, 0.25) is 5.02 Å². The molecular weight excluding hydrogens is 302 g/mol. The summed E-state index contributed by atoms with van der Waals surface area (Å²) in [6.45, 7) is 5.73. The zero-order valence-electron chi connectivity index (χ0n) is 12.8. The summed E-state index contributed by atoms with van der Waals surface area (Å²) in [5.74, 6) is -0.112. The van der Waals surface area contributed by atoms with Gasteiger partial charge in [0, 0.05) is 43.3 Å². The Labute approximate surface area is 136 Å². The van der Waals surface area contributed by atoms with Gasteiger partial charge in [-0.2, -0.15) is 0 Å². The van der Waals surface area contributed by atoms with Gasteiger partial charge in [-0.3, -0.25) is 9.59 Å². The van der Waals surface area contributed by atoms with Gasteiger partial charge in [-0.15, -0.1) is 0 Å². The number of rotatable bonds is 5. The maximum atomic E-state index is 12.6. The first-order valence-electron chi connectivity index (χ1n) is 7.65. The van der Waals surface area contributed by atoms with Gasteiger partial charge in [0.25, 0.3) is 5.91 Å². The molecule has 0 bridgehead atoms. The molecule has 1 aromatic carbocycles. The van der Waals surface area contributed by atoms with Crippen molar-refractivity contribution in [1.82, 2.24) is 15.1 Å². The molecule has 120 valence electrons. The average molecular weight is 324 g/mol. The highest BCUT2D eigenvalue weighted by Gasteiger charge is 2.22. The van der Waals surface area contributed by atoms with E-state index in [1.54, 1.807) is 29.2 Å². The number of benzene rings is 1. The number of amides is 2. The van der Waals surface area contributed by atoms with Crippen LogP contribution in [0.3, 0.4) is 0 Å². The fraction of sp³-hybridized carbons (Fsp3) is 0.500. The van der Waals surface area contributed by atoms with Gasteiger partial charge in [-0.1, -0.05) is 18.5 Å². The Bertz CT molecular complexity index is 513. The normalized spacial score (nSPS) is 14.7. The molecule has 1 aliphatic heterocycles. The predicted molar refractivity (Wildman–Crippen MR) is 87.1 cm³/mol. The SMILES string of the molecule is CCCN(CC(=O)N1CCNCC1)C(=O)c1ccc(Cl)cc1. The van der Waals surface area contributed by atoms with Gasteiger partial charge >= 0.3 is 0 Å². The summed E-state index contributed by atoms with van der Waals surface area (Å²) in [7, 11) is 0. The monoisotopic (exact) mass is 323 g/mol. The van der Waals surface area contributed by atoms with E-state index in [4.69, 9.17) is 11.6 Å². The van der Waals surface area contributed by atoms with Gasteiger partial charge in [-0.05, 0) is 30.7 Å². The lowest BCUT2D eigenvalue weighted by molar-refractivity contribution is -0.132. The molecule has 0 atom stereocenters. The topological polar surface area (TPSA) is 52.7 Å². The zero-order valence-corrected chi connectivity index (χ0v) is 13.6. The number of halogens is 1. The van der Waals surface area contributed by atoms with E-state index in [0.717, 1.165) is 19.5 Å². The first-order valence-corrected chi connectivity index (χ1v) is 8.03. The summed E-state index contributed by atoms with van der Waals surface area (Å²) in [6.07, 6.45) is 0.814. The molecule has 0 aliphatic carbocycles. The number of hydrogen-bond donors (Lipinski definition) is 1. The number of carbonyl (C=O) groups is 2. The van der Waals surface area contributed by atoms with E-state index in [2.05, 4.69) is 5.32 Å². The van der Waals surface area contributed by atoms with Crippen molar-refractivity contribution >= 4 is 23.4 Å². The molecule has 1 fully saturated rings. The minimum atomic E-state index is -0.123. The Morgan fingerprint density at radius 1 is 1.23 bits per heavy atom. The maximum absolute atomic E-state index is 12.6. The molecule has 5 nitrogen and oxygen atoms in total. The quantitative estimate of drug-likeness (QED) is 0.896. The van der Waals surface area contributed by atoms with E-state index in [0.29, 0.717) is 30.2 Å². The summed E-state index contributed by atoms with van der Waals surface area (Å²) in [6, 6.07) is 6.78. The van der Waals surface area contributed by atoms with E-state index >= 15 is 0 Å². The summed E-state index contributed by atoms with van der Waals surface area (Å²) in [5.41, 5.74) is 0.561. The Morgan fingerprint density at radius 2 is 1.86 bits per heavy atom. The third-order valence-corrected chi connectivity index (χ3v) is 3.92. The third kappa shape index (κ3) is 4.45. The molecule has 0 radical (unpaired) electrons. The van der Waals surface area contributed by atoms with Crippen LogP contribution in [-0.4, -0.2) is 60.9 Å². The number of nitrogens with one attached hydrogen (secondary N) is 1. The van der Waals surface area contributed by atoms with Crippen molar-refractivity contribution < 1.29 is 9.59 Å². The lowest BCUT2D eigenvalue weighted by atomic mass is 10.2. The molecule has 1 heterocycles. The first-order chi connectivity index (χ1) is 10.6. The van der Waals surface area contributed by atoms with Crippen LogP contribution in [0.1, 0.15) is 23.7 Å². The van der Waals surface area contributed by atoms with Crippen molar-refractivity contribution in [3.63, 3.8) is 0 Å². The van der Waals surface area contributed by atoms with Crippen molar-refractivity contribution in [3.05, 3.63) is 34.9 Å². The van der Waals surface area contributed by atoms with Crippen molar-refractivity contribution in [2.24, 2.45) is 0 Å². The Balaban J connectivity index is 2.03. The van der Waals surface area contributed by atoms with E-state index < -0.39 is 0 Å². The molecule has 1 N–H and O–H groups in total. The van der Waals surface area contributed by atoms with Gasteiger partial charge in [0.2, 0.25) is 5.91 Å². The standard InChI is InChI=1S/C16H22ClN3O2/c1-2-9-20(12-15(21)19-10-7-18-8-11-19)16(22)13-3-5-14(17)6-4-13/h3-6,18H,2,7-12H2,1H3. The van der Waals surface area contributed by atoms with Crippen molar-refractivity contribution in [2.45, 2.75) is 13.3 Å². The Kier molecular flexibility index (Phi) is 6.21. The molecule has 1 aromatic rings. The van der Waals surface area contributed by atoms with Crippen LogP contribution in [0, 0.1) is 0 Å². The van der Waals surface area contributed by atoms with Gasteiger partial charge in [0.05, 0.1) is 0 Å². The Morgan fingerprint density at radius 3 is 2.45 bits per heavy atom. The average Bonchev–Trinajstić information content (AvgIpc) is 2.55. The highest BCUT2D eigenvalue weighted by atomic mass is 35.5. The molecule has 0 saturated carbocycles. The third-order valence-electron chi connectivity index (χ3n) is 3.67.